The summed E-state index contributed by atoms with van der Waals surface area (Å²) < 4.78 is 0. The zero-order valence-corrected chi connectivity index (χ0v) is 9.62. The molecule has 0 spiro atoms. The molecule has 0 aliphatic carbocycles. The Morgan fingerprint density at radius 3 is 1.76 bits per heavy atom. The number of nitro groups is 2. The van der Waals surface area contributed by atoms with Crippen LogP contribution in [0.4, 0.5) is 17.1 Å². The molecule has 0 unspecified atom stereocenters. The maximum atomic E-state index is 10.9. The summed E-state index contributed by atoms with van der Waals surface area (Å²) in [6, 6.07) is 3.88. The summed E-state index contributed by atoms with van der Waals surface area (Å²) in [5, 5.41) is 21.8. The Bertz CT molecular complexity index is 411. The van der Waals surface area contributed by atoms with Crippen molar-refractivity contribution in [1.82, 2.24) is 0 Å². The van der Waals surface area contributed by atoms with Crippen LogP contribution < -0.4 is 4.90 Å². The fourth-order valence-electron chi connectivity index (χ4n) is 1.68. The van der Waals surface area contributed by atoms with Gasteiger partial charge in [-0.25, -0.2) is 0 Å². The number of benzene rings is 1. The van der Waals surface area contributed by atoms with E-state index in [2.05, 4.69) is 0 Å². The molecule has 0 saturated carbocycles. The molecule has 92 valence electrons. The Morgan fingerprint density at radius 2 is 1.47 bits per heavy atom. The zero-order chi connectivity index (χ0) is 13.0. The van der Waals surface area contributed by atoms with Crippen molar-refractivity contribution in [2.75, 3.05) is 18.0 Å². The summed E-state index contributed by atoms with van der Waals surface area (Å²) in [6.07, 6.45) is 0. The van der Waals surface area contributed by atoms with E-state index in [1.165, 1.54) is 18.2 Å². The summed E-state index contributed by atoms with van der Waals surface area (Å²) in [6.45, 7) is 4.54. The predicted molar refractivity (Wildman–Crippen MR) is 63.3 cm³/mol. The van der Waals surface area contributed by atoms with Crippen LogP contribution in [0.3, 0.4) is 0 Å². The average Bonchev–Trinajstić information content (AvgIpc) is 2.30. The van der Waals surface area contributed by atoms with E-state index < -0.39 is 9.85 Å². The van der Waals surface area contributed by atoms with Crippen LogP contribution in [0.1, 0.15) is 13.8 Å². The summed E-state index contributed by atoms with van der Waals surface area (Å²) in [4.78, 5) is 22.2. The second-order valence-electron chi connectivity index (χ2n) is 3.33. The average molecular weight is 239 g/mol. The number of para-hydroxylation sites is 1. The van der Waals surface area contributed by atoms with Crippen molar-refractivity contribution in [1.29, 1.82) is 0 Å². The molecule has 0 saturated heterocycles. The molecule has 17 heavy (non-hydrogen) atoms. The molecule has 1 aromatic carbocycles. The third-order valence-corrected chi connectivity index (χ3v) is 2.47. The summed E-state index contributed by atoms with van der Waals surface area (Å²) >= 11 is 0. The number of anilines is 1. The Balaban J connectivity index is 3.48. The lowest BCUT2D eigenvalue weighted by Gasteiger charge is -2.20. The van der Waals surface area contributed by atoms with Crippen LogP contribution in [0.5, 0.6) is 0 Å². The quantitative estimate of drug-likeness (QED) is 0.581. The van der Waals surface area contributed by atoms with Gasteiger partial charge in [-0.3, -0.25) is 20.2 Å². The van der Waals surface area contributed by atoms with Gasteiger partial charge in [0.05, 0.1) is 9.85 Å². The van der Waals surface area contributed by atoms with Crippen LogP contribution in [-0.4, -0.2) is 22.9 Å². The smallest absolute Gasteiger partial charge is 0.299 e. The minimum atomic E-state index is -0.597. The molecule has 1 rings (SSSR count). The standard InChI is InChI=1S/C10H13N3O4/c1-3-11(4-2)10-8(12(14)15)6-5-7-9(10)13(16)17/h5-7H,3-4H2,1-2H3. The first-order chi connectivity index (χ1) is 8.02. The van der Waals surface area contributed by atoms with Crippen LogP contribution in [0.15, 0.2) is 18.2 Å². The molecular weight excluding hydrogens is 226 g/mol. The van der Waals surface area contributed by atoms with Crippen molar-refractivity contribution in [3.63, 3.8) is 0 Å². The minimum Gasteiger partial charge on any atom is -0.361 e. The van der Waals surface area contributed by atoms with Gasteiger partial charge in [0.1, 0.15) is 0 Å². The normalized spacial score (nSPS) is 10.0. The molecule has 1 aromatic rings. The number of rotatable bonds is 5. The van der Waals surface area contributed by atoms with Crippen molar-refractivity contribution < 1.29 is 9.85 Å². The Labute approximate surface area is 98.0 Å². The van der Waals surface area contributed by atoms with Crippen molar-refractivity contribution >= 4 is 17.1 Å². The second kappa shape index (κ2) is 5.24. The third-order valence-electron chi connectivity index (χ3n) is 2.47. The second-order valence-corrected chi connectivity index (χ2v) is 3.33. The molecule has 0 aliphatic rings. The van der Waals surface area contributed by atoms with E-state index in [0.717, 1.165) is 0 Å². The molecule has 7 nitrogen and oxygen atoms in total. The highest BCUT2D eigenvalue weighted by atomic mass is 16.6. The molecule has 0 radical (unpaired) electrons. The molecule has 0 aromatic heterocycles. The zero-order valence-electron chi connectivity index (χ0n) is 9.62. The summed E-state index contributed by atoms with van der Waals surface area (Å²) in [5.74, 6) is 0. The molecule has 7 heteroatoms. The third kappa shape index (κ3) is 2.49. The highest BCUT2D eigenvalue weighted by molar-refractivity contribution is 5.74. The monoisotopic (exact) mass is 239 g/mol. The van der Waals surface area contributed by atoms with E-state index in [9.17, 15) is 20.2 Å². The van der Waals surface area contributed by atoms with Crippen LogP contribution in [0.25, 0.3) is 0 Å². The maximum Gasteiger partial charge on any atom is 0.299 e. The SMILES string of the molecule is CCN(CC)c1c([N+](=O)[O-])cccc1[N+](=O)[O-]. The van der Waals surface area contributed by atoms with E-state index in [-0.39, 0.29) is 17.1 Å². The van der Waals surface area contributed by atoms with Crippen molar-refractivity contribution in [2.45, 2.75) is 13.8 Å². The molecule has 0 bridgehead atoms. The van der Waals surface area contributed by atoms with Crippen molar-refractivity contribution in [3.8, 4) is 0 Å². The van der Waals surface area contributed by atoms with Gasteiger partial charge in [0.2, 0.25) is 0 Å². The van der Waals surface area contributed by atoms with E-state index in [1.54, 1.807) is 18.7 Å². The largest absolute Gasteiger partial charge is 0.361 e. The predicted octanol–water partition coefficient (Wildman–Crippen LogP) is 2.35. The van der Waals surface area contributed by atoms with Crippen LogP contribution in [0, 0.1) is 20.2 Å². The van der Waals surface area contributed by atoms with Crippen LogP contribution in [-0.2, 0) is 0 Å². The first kappa shape index (κ1) is 12.9. The Hall–Kier alpha value is -2.18. The maximum absolute atomic E-state index is 10.9. The summed E-state index contributed by atoms with van der Waals surface area (Å²) in [7, 11) is 0. The molecule has 0 aliphatic heterocycles. The van der Waals surface area contributed by atoms with Crippen molar-refractivity contribution in [2.24, 2.45) is 0 Å². The number of hydrogen-bond acceptors (Lipinski definition) is 5. The van der Waals surface area contributed by atoms with E-state index in [4.69, 9.17) is 0 Å². The van der Waals surface area contributed by atoms with Gasteiger partial charge in [-0.15, -0.1) is 0 Å². The first-order valence-corrected chi connectivity index (χ1v) is 5.19. The number of nitrogens with zero attached hydrogens (tertiary/aromatic N) is 3. The Kier molecular flexibility index (Phi) is 3.97. The number of nitro benzene ring substituents is 2. The highest BCUT2D eigenvalue weighted by Gasteiger charge is 2.27. The minimum absolute atomic E-state index is 0.0764. The molecule has 0 fully saturated rings. The lowest BCUT2D eigenvalue weighted by atomic mass is 10.2. The first-order valence-electron chi connectivity index (χ1n) is 5.19. The van der Waals surface area contributed by atoms with Gasteiger partial charge in [0.15, 0.2) is 5.69 Å². The molecule has 0 amide bonds. The van der Waals surface area contributed by atoms with Crippen LogP contribution >= 0.6 is 0 Å². The molecular formula is C10H13N3O4. The van der Waals surface area contributed by atoms with E-state index in [1.807, 2.05) is 0 Å². The topological polar surface area (TPSA) is 89.5 Å². The molecule has 0 heterocycles. The summed E-state index contributed by atoms with van der Waals surface area (Å²) in [5.41, 5.74) is -0.390. The fraction of sp³-hybridized carbons (Fsp3) is 0.400. The van der Waals surface area contributed by atoms with Crippen LogP contribution in [0.2, 0.25) is 0 Å². The van der Waals surface area contributed by atoms with Gasteiger partial charge in [0.25, 0.3) is 11.4 Å². The van der Waals surface area contributed by atoms with Gasteiger partial charge in [-0.05, 0) is 19.9 Å². The molecule has 0 atom stereocenters. The van der Waals surface area contributed by atoms with E-state index >= 15 is 0 Å². The van der Waals surface area contributed by atoms with Gasteiger partial charge in [0, 0.05) is 25.2 Å². The van der Waals surface area contributed by atoms with Gasteiger partial charge in [-0.2, -0.15) is 0 Å². The number of hydrogen-bond donors (Lipinski definition) is 0. The van der Waals surface area contributed by atoms with Gasteiger partial charge >= 0.3 is 0 Å². The Morgan fingerprint density at radius 1 is 1.06 bits per heavy atom. The van der Waals surface area contributed by atoms with E-state index in [0.29, 0.717) is 13.1 Å². The highest BCUT2D eigenvalue weighted by Crippen LogP contribution is 2.36. The van der Waals surface area contributed by atoms with Gasteiger partial charge < -0.3 is 4.90 Å². The van der Waals surface area contributed by atoms with Gasteiger partial charge in [-0.1, -0.05) is 0 Å². The lowest BCUT2D eigenvalue weighted by molar-refractivity contribution is -0.392. The van der Waals surface area contributed by atoms with Crippen molar-refractivity contribution in [3.05, 3.63) is 38.4 Å². The fourth-order valence-corrected chi connectivity index (χ4v) is 1.68. The lowest BCUT2D eigenvalue weighted by Crippen LogP contribution is -2.23. The molecule has 0 N–H and O–H groups in total.